The lowest BCUT2D eigenvalue weighted by atomic mass is 9.95. The van der Waals surface area contributed by atoms with Crippen LogP contribution in [-0.2, 0) is 4.74 Å². The van der Waals surface area contributed by atoms with Crippen LogP contribution in [0.3, 0.4) is 0 Å². The van der Waals surface area contributed by atoms with E-state index < -0.39 is 0 Å². The van der Waals surface area contributed by atoms with E-state index in [1.165, 1.54) is 0 Å². The van der Waals surface area contributed by atoms with Crippen molar-refractivity contribution in [2.75, 3.05) is 25.1 Å². The summed E-state index contributed by atoms with van der Waals surface area (Å²) in [4.78, 5) is 18.2. The number of aromatic nitrogens is 2. The van der Waals surface area contributed by atoms with E-state index in [2.05, 4.69) is 16.8 Å². The highest BCUT2D eigenvalue weighted by Gasteiger charge is 2.33. The Labute approximate surface area is 118 Å². The smallest absolute Gasteiger partial charge is 0.170 e. The lowest BCUT2D eigenvalue weighted by Gasteiger charge is -2.39. The van der Waals surface area contributed by atoms with Crippen molar-refractivity contribution in [1.29, 1.82) is 0 Å². The minimum absolute atomic E-state index is 0.172. The molecule has 3 heterocycles. The molecule has 0 aliphatic carbocycles. The van der Waals surface area contributed by atoms with E-state index in [1.807, 2.05) is 28.8 Å². The normalized spacial score (nSPS) is 23.2. The quantitative estimate of drug-likeness (QED) is 0.804. The number of carbonyl (C=O) groups excluding carboxylic acids is 1. The van der Waals surface area contributed by atoms with E-state index in [4.69, 9.17) is 4.74 Å². The van der Waals surface area contributed by atoms with Crippen molar-refractivity contribution in [3.05, 3.63) is 30.1 Å². The molecule has 20 heavy (non-hydrogen) atoms. The Balaban J connectivity index is 2.03. The third kappa shape index (κ3) is 2.08. The molecule has 5 heteroatoms. The second-order valence-corrected chi connectivity index (χ2v) is 5.55. The molecule has 1 saturated heterocycles. The summed E-state index contributed by atoms with van der Waals surface area (Å²) in [5.41, 5.74) is 1.24. The van der Waals surface area contributed by atoms with Crippen LogP contribution < -0.4 is 4.90 Å². The Hall–Kier alpha value is -1.88. The van der Waals surface area contributed by atoms with Crippen LogP contribution in [-0.4, -0.2) is 41.5 Å². The van der Waals surface area contributed by atoms with Crippen LogP contribution >= 0.6 is 0 Å². The summed E-state index contributed by atoms with van der Waals surface area (Å²) in [5.74, 6) is 0.758. The first-order chi connectivity index (χ1) is 9.67. The summed E-state index contributed by atoms with van der Waals surface area (Å²) in [7, 11) is 1.74. The first-order valence-electron chi connectivity index (χ1n) is 6.89. The Morgan fingerprint density at radius 1 is 1.45 bits per heavy atom. The van der Waals surface area contributed by atoms with Crippen molar-refractivity contribution in [2.24, 2.45) is 0 Å². The molecule has 2 aromatic rings. The molecule has 0 aromatic carbocycles. The van der Waals surface area contributed by atoms with Gasteiger partial charge >= 0.3 is 0 Å². The lowest BCUT2D eigenvalue weighted by Crippen LogP contribution is -2.47. The molecule has 0 saturated carbocycles. The van der Waals surface area contributed by atoms with Gasteiger partial charge in [-0.2, -0.15) is 0 Å². The monoisotopic (exact) mass is 273 g/mol. The molecule has 5 nitrogen and oxygen atoms in total. The number of aldehydes is 1. The fourth-order valence-electron chi connectivity index (χ4n) is 2.90. The molecular formula is C15H19N3O2. The highest BCUT2D eigenvalue weighted by Crippen LogP contribution is 2.29. The van der Waals surface area contributed by atoms with Gasteiger partial charge in [0, 0.05) is 26.4 Å². The number of hydrogen-bond donors (Lipinski definition) is 0. The van der Waals surface area contributed by atoms with Crippen LogP contribution in [0.1, 0.15) is 30.3 Å². The van der Waals surface area contributed by atoms with Crippen molar-refractivity contribution < 1.29 is 9.53 Å². The van der Waals surface area contributed by atoms with Gasteiger partial charge in [-0.3, -0.25) is 9.20 Å². The van der Waals surface area contributed by atoms with Crippen LogP contribution in [0.4, 0.5) is 5.82 Å². The topological polar surface area (TPSA) is 46.8 Å². The Bertz CT molecular complexity index is 637. The van der Waals surface area contributed by atoms with Crippen LogP contribution in [0.2, 0.25) is 0 Å². The van der Waals surface area contributed by atoms with Gasteiger partial charge < -0.3 is 9.64 Å². The van der Waals surface area contributed by atoms with E-state index in [9.17, 15) is 4.79 Å². The molecule has 2 aromatic heterocycles. The predicted octanol–water partition coefficient (Wildman–Crippen LogP) is 2.15. The van der Waals surface area contributed by atoms with Gasteiger partial charge in [-0.25, -0.2) is 4.98 Å². The number of pyridine rings is 1. The van der Waals surface area contributed by atoms with E-state index in [1.54, 1.807) is 7.11 Å². The van der Waals surface area contributed by atoms with Crippen LogP contribution in [0.15, 0.2) is 24.4 Å². The number of nitrogens with zero attached hydrogens (tertiary/aromatic N) is 3. The average molecular weight is 273 g/mol. The molecule has 0 bridgehead atoms. The third-order valence-corrected chi connectivity index (χ3v) is 4.11. The van der Waals surface area contributed by atoms with Crippen molar-refractivity contribution in [3.63, 3.8) is 0 Å². The molecule has 0 spiro atoms. The van der Waals surface area contributed by atoms with Gasteiger partial charge in [0.25, 0.3) is 0 Å². The summed E-state index contributed by atoms with van der Waals surface area (Å²) in [6, 6.07) is 5.74. The van der Waals surface area contributed by atoms with Gasteiger partial charge in [0.1, 0.15) is 11.3 Å². The van der Waals surface area contributed by atoms with Gasteiger partial charge in [0.15, 0.2) is 12.1 Å². The van der Waals surface area contributed by atoms with Crippen molar-refractivity contribution in [1.82, 2.24) is 9.38 Å². The first-order valence-corrected chi connectivity index (χ1v) is 6.89. The van der Waals surface area contributed by atoms with Crippen molar-refractivity contribution >= 4 is 17.8 Å². The number of imidazole rings is 1. The second-order valence-electron chi connectivity index (χ2n) is 5.55. The molecule has 1 fully saturated rings. The summed E-state index contributed by atoms with van der Waals surface area (Å²) >= 11 is 0. The first kappa shape index (κ1) is 13.1. The molecule has 1 atom stereocenters. The van der Waals surface area contributed by atoms with Crippen LogP contribution in [0.5, 0.6) is 0 Å². The fraction of sp³-hybridized carbons (Fsp3) is 0.467. The summed E-state index contributed by atoms with van der Waals surface area (Å²) in [6.07, 6.45) is 4.82. The summed E-state index contributed by atoms with van der Waals surface area (Å²) < 4.78 is 7.45. The molecular weight excluding hydrogens is 254 g/mol. The summed E-state index contributed by atoms with van der Waals surface area (Å²) in [6.45, 7) is 3.77. The molecule has 3 rings (SSSR count). The largest absolute Gasteiger partial charge is 0.377 e. The Morgan fingerprint density at radius 3 is 3.05 bits per heavy atom. The Kier molecular flexibility index (Phi) is 3.22. The third-order valence-electron chi connectivity index (χ3n) is 4.11. The van der Waals surface area contributed by atoms with Crippen LogP contribution in [0, 0.1) is 0 Å². The molecule has 106 valence electrons. The molecule has 0 radical (unpaired) electrons. The number of anilines is 1. The van der Waals surface area contributed by atoms with Crippen molar-refractivity contribution in [3.8, 4) is 0 Å². The second kappa shape index (κ2) is 4.90. The standard InChI is InChI=1S/C15H19N3O2/c1-15(20-2)7-5-8-17(11-15)14-12(10-19)18-9-4-3-6-13(18)16-14/h3-4,6,9-10H,5,7-8,11H2,1-2H3. The number of carbonyl (C=O) groups is 1. The summed E-state index contributed by atoms with van der Waals surface area (Å²) in [5, 5.41) is 0. The minimum Gasteiger partial charge on any atom is -0.377 e. The molecule has 1 aliphatic heterocycles. The van der Waals surface area contributed by atoms with Gasteiger partial charge in [0.05, 0.1) is 5.60 Å². The molecule has 0 N–H and O–H groups in total. The zero-order valence-electron chi connectivity index (χ0n) is 11.9. The number of piperidine rings is 1. The predicted molar refractivity (Wildman–Crippen MR) is 77.4 cm³/mol. The van der Waals surface area contributed by atoms with Crippen LogP contribution in [0.25, 0.3) is 5.65 Å². The molecule has 1 aliphatic rings. The lowest BCUT2D eigenvalue weighted by molar-refractivity contribution is -0.00482. The number of rotatable bonds is 3. The fourth-order valence-corrected chi connectivity index (χ4v) is 2.90. The number of hydrogen-bond acceptors (Lipinski definition) is 4. The molecule has 0 amide bonds. The zero-order chi connectivity index (χ0) is 14.2. The maximum atomic E-state index is 11.5. The van der Waals surface area contributed by atoms with Gasteiger partial charge in [-0.1, -0.05) is 6.07 Å². The van der Waals surface area contributed by atoms with Gasteiger partial charge in [0.2, 0.25) is 0 Å². The number of methoxy groups -OCH3 is 1. The zero-order valence-corrected chi connectivity index (χ0v) is 11.9. The van der Waals surface area contributed by atoms with Gasteiger partial charge in [-0.05, 0) is 31.9 Å². The maximum Gasteiger partial charge on any atom is 0.170 e. The number of ether oxygens (including phenoxy) is 1. The van der Waals surface area contributed by atoms with E-state index in [-0.39, 0.29) is 5.60 Å². The molecule has 1 unspecified atom stereocenters. The maximum absolute atomic E-state index is 11.5. The SMILES string of the molecule is COC1(C)CCCN(c2nc3ccccn3c2C=O)C1. The Morgan fingerprint density at radius 2 is 2.30 bits per heavy atom. The highest BCUT2D eigenvalue weighted by atomic mass is 16.5. The average Bonchev–Trinajstić information content (AvgIpc) is 2.86. The minimum atomic E-state index is -0.172. The highest BCUT2D eigenvalue weighted by molar-refractivity contribution is 5.83. The van der Waals surface area contributed by atoms with E-state index >= 15 is 0 Å². The van der Waals surface area contributed by atoms with E-state index in [0.29, 0.717) is 5.69 Å². The van der Waals surface area contributed by atoms with E-state index in [0.717, 1.165) is 43.7 Å². The van der Waals surface area contributed by atoms with Gasteiger partial charge in [-0.15, -0.1) is 0 Å². The van der Waals surface area contributed by atoms with Crippen molar-refractivity contribution in [2.45, 2.75) is 25.4 Å². The number of fused-ring (bicyclic) bond motifs is 1.